The van der Waals surface area contributed by atoms with E-state index in [1.807, 2.05) is 31.1 Å². The summed E-state index contributed by atoms with van der Waals surface area (Å²) in [4.78, 5) is 17.7. The zero-order valence-electron chi connectivity index (χ0n) is 11.5. The fourth-order valence-electron chi connectivity index (χ4n) is 1.82. The largest absolute Gasteiger partial charge is 0.468 e. The minimum absolute atomic E-state index is 0.00958. The molecule has 0 fully saturated rings. The van der Waals surface area contributed by atoms with Gasteiger partial charge in [-0.15, -0.1) is 0 Å². The summed E-state index contributed by atoms with van der Waals surface area (Å²) in [6.07, 6.45) is 4.87. The Bertz CT molecular complexity index is 525. The number of urea groups is 1. The highest BCUT2D eigenvalue weighted by molar-refractivity contribution is 5.88. The lowest BCUT2D eigenvalue weighted by atomic mass is 10.2. The average Bonchev–Trinajstić information content (AvgIpc) is 2.93. The van der Waals surface area contributed by atoms with Crippen LogP contribution in [0.3, 0.4) is 0 Å². The Hall–Kier alpha value is -2.34. The first-order valence-electron chi connectivity index (χ1n) is 6.31. The van der Waals surface area contributed by atoms with Gasteiger partial charge in [-0.3, -0.25) is 9.88 Å². The van der Waals surface area contributed by atoms with Crippen LogP contribution in [0.5, 0.6) is 0 Å². The lowest BCUT2D eigenvalue weighted by Crippen LogP contribution is -2.36. The number of nitrogens with one attached hydrogen (secondary N) is 2. The van der Waals surface area contributed by atoms with Crippen LogP contribution < -0.4 is 10.6 Å². The Balaban J connectivity index is 1.88. The third kappa shape index (κ3) is 3.83. The maximum absolute atomic E-state index is 11.8. The standard InChI is InChI=1S/C14H18N4O2/c1-18(2)12(13-6-4-8-20-13)10-16-14(19)17-11-5-3-7-15-9-11/h3-9,12H,10H2,1-2H3,(H2,16,17,19). The van der Waals surface area contributed by atoms with E-state index < -0.39 is 0 Å². The fraction of sp³-hybridized carbons (Fsp3) is 0.286. The Morgan fingerprint density at radius 3 is 2.85 bits per heavy atom. The van der Waals surface area contributed by atoms with E-state index in [1.165, 1.54) is 0 Å². The number of pyridine rings is 1. The van der Waals surface area contributed by atoms with Gasteiger partial charge in [0.1, 0.15) is 5.76 Å². The molecule has 1 atom stereocenters. The number of carbonyl (C=O) groups is 1. The average molecular weight is 274 g/mol. The van der Waals surface area contributed by atoms with E-state index in [1.54, 1.807) is 30.8 Å². The molecule has 0 aliphatic carbocycles. The van der Waals surface area contributed by atoms with Crippen molar-refractivity contribution in [1.82, 2.24) is 15.2 Å². The van der Waals surface area contributed by atoms with Gasteiger partial charge in [0.2, 0.25) is 0 Å². The summed E-state index contributed by atoms with van der Waals surface area (Å²) >= 11 is 0. The van der Waals surface area contributed by atoms with E-state index in [9.17, 15) is 4.79 Å². The summed E-state index contributed by atoms with van der Waals surface area (Å²) in [5, 5.41) is 5.54. The first-order chi connectivity index (χ1) is 9.66. The normalized spacial score (nSPS) is 12.2. The molecular formula is C14H18N4O2. The summed E-state index contributed by atoms with van der Waals surface area (Å²) in [5.41, 5.74) is 0.657. The highest BCUT2D eigenvalue weighted by atomic mass is 16.3. The van der Waals surface area contributed by atoms with Crippen molar-refractivity contribution < 1.29 is 9.21 Å². The third-order valence-corrected chi connectivity index (χ3v) is 2.87. The Labute approximate surface area is 117 Å². The Morgan fingerprint density at radius 2 is 2.25 bits per heavy atom. The molecule has 20 heavy (non-hydrogen) atoms. The van der Waals surface area contributed by atoms with Gasteiger partial charge in [0.05, 0.1) is 24.2 Å². The SMILES string of the molecule is CN(C)C(CNC(=O)Nc1cccnc1)c1ccco1. The molecule has 0 bridgehead atoms. The van der Waals surface area contributed by atoms with Crippen molar-refractivity contribution in [2.75, 3.05) is 26.0 Å². The number of amides is 2. The predicted molar refractivity (Wildman–Crippen MR) is 76.4 cm³/mol. The zero-order chi connectivity index (χ0) is 14.4. The van der Waals surface area contributed by atoms with Crippen molar-refractivity contribution in [2.24, 2.45) is 0 Å². The molecule has 0 aromatic carbocycles. The van der Waals surface area contributed by atoms with Crippen molar-refractivity contribution in [3.05, 3.63) is 48.7 Å². The van der Waals surface area contributed by atoms with Crippen molar-refractivity contribution in [1.29, 1.82) is 0 Å². The monoisotopic (exact) mass is 274 g/mol. The van der Waals surface area contributed by atoms with E-state index in [0.29, 0.717) is 12.2 Å². The van der Waals surface area contributed by atoms with Crippen molar-refractivity contribution in [3.8, 4) is 0 Å². The lowest BCUT2D eigenvalue weighted by Gasteiger charge is -2.22. The highest BCUT2D eigenvalue weighted by Crippen LogP contribution is 2.17. The fourth-order valence-corrected chi connectivity index (χ4v) is 1.82. The first kappa shape index (κ1) is 14.1. The van der Waals surface area contributed by atoms with E-state index in [0.717, 1.165) is 5.76 Å². The van der Waals surface area contributed by atoms with Crippen LogP contribution >= 0.6 is 0 Å². The van der Waals surface area contributed by atoms with Gasteiger partial charge < -0.3 is 15.1 Å². The van der Waals surface area contributed by atoms with Crippen LogP contribution in [-0.2, 0) is 0 Å². The van der Waals surface area contributed by atoms with Crippen LogP contribution in [0.2, 0.25) is 0 Å². The van der Waals surface area contributed by atoms with Gasteiger partial charge in [0.25, 0.3) is 0 Å². The van der Waals surface area contributed by atoms with Crippen molar-refractivity contribution in [2.45, 2.75) is 6.04 Å². The molecule has 2 aromatic rings. The van der Waals surface area contributed by atoms with Crippen molar-refractivity contribution >= 4 is 11.7 Å². The number of hydrogen-bond acceptors (Lipinski definition) is 4. The van der Waals surface area contributed by atoms with Crippen LogP contribution in [0.15, 0.2) is 47.3 Å². The number of hydrogen-bond donors (Lipinski definition) is 2. The van der Waals surface area contributed by atoms with Crippen LogP contribution in [0.1, 0.15) is 11.8 Å². The van der Waals surface area contributed by atoms with Gasteiger partial charge in [0.15, 0.2) is 0 Å². The van der Waals surface area contributed by atoms with Crippen LogP contribution in [0, 0.1) is 0 Å². The number of furan rings is 1. The van der Waals surface area contributed by atoms with Gasteiger partial charge in [-0.25, -0.2) is 4.79 Å². The number of aromatic nitrogens is 1. The number of carbonyl (C=O) groups excluding carboxylic acids is 1. The molecule has 2 rings (SSSR count). The number of rotatable bonds is 5. The first-order valence-corrected chi connectivity index (χ1v) is 6.31. The molecule has 0 aliphatic rings. The summed E-state index contributed by atoms with van der Waals surface area (Å²) < 4.78 is 5.38. The van der Waals surface area contributed by atoms with Gasteiger partial charge >= 0.3 is 6.03 Å². The second-order valence-electron chi connectivity index (χ2n) is 4.57. The van der Waals surface area contributed by atoms with Gasteiger partial charge in [-0.1, -0.05) is 0 Å². The summed E-state index contributed by atoms with van der Waals surface area (Å²) in [7, 11) is 3.88. The van der Waals surface area contributed by atoms with Crippen LogP contribution in [0.4, 0.5) is 10.5 Å². The van der Waals surface area contributed by atoms with E-state index in [2.05, 4.69) is 15.6 Å². The molecule has 2 amide bonds. The summed E-state index contributed by atoms with van der Waals surface area (Å²) in [5.74, 6) is 0.816. The quantitative estimate of drug-likeness (QED) is 0.876. The maximum Gasteiger partial charge on any atom is 0.319 e. The molecule has 2 N–H and O–H groups in total. The maximum atomic E-state index is 11.8. The summed E-state index contributed by atoms with van der Waals surface area (Å²) in [6, 6.07) is 7.00. The minimum atomic E-state index is -0.267. The van der Waals surface area contributed by atoms with Crippen LogP contribution in [0.25, 0.3) is 0 Å². The number of anilines is 1. The second-order valence-corrected chi connectivity index (χ2v) is 4.57. The molecule has 0 radical (unpaired) electrons. The zero-order valence-corrected chi connectivity index (χ0v) is 11.5. The van der Waals surface area contributed by atoms with Gasteiger partial charge in [0, 0.05) is 12.7 Å². The Kier molecular flexibility index (Phi) is 4.73. The molecule has 0 saturated heterocycles. The topological polar surface area (TPSA) is 70.4 Å². The molecule has 6 nitrogen and oxygen atoms in total. The minimum Gasteiger partial charge on any atom is -0.468 e. The highest BCUT2D eigenvalue weighted by Gasteiger charge is 2.17. The molecule has 6 heteroatoms. The lowest BCUT2D eigenvalue weighted by molar-refractivity contribution is 0.233. The molecule has 0 aliphatic heterocycles. The number of nitrogens with zero attached hydrogens (tertiary/aromatic N) is 2. The third-order valence-electron chi connectivity index (χ3n) is 2.87. The second kappa shape index (κ2) is 6.72. The van der Waals surface area contributed by atoms with Gasteiger partial charge in [-0.05, 0) is 38.4 Å². The van der Waals surface area contributed by atoms with E-state index in [4.69, 9.17) is 4.42 Å². The summed E-state index contributed by atoms with van der Waals surface area (Å²) in [6.45, 7) is 0.451. The van der Waals surface area contributed by atoms with Gasteiger partial charge in [-0.2, -0.15) is 0 Å². The molecule has 106 valence electrons. The smallest absolute Gasteiger partial charge is 0.319 e. The Morgan fingerprint density at radius 1 is 1.40 bits per heavy atom. The number of likely N-dealkylation sites (N-methyl/N-ethyl adjacent to an activating group) is 1. The predicted octanol–water partition coefficient (Wildman–Crippen LogP) is 2.10. The molecule has 0 saturated carbocycles. The molecule has 2 aromatic heterocycles. The molecule has 1 unspecified atom stereocenters. The molecular weight excluding hydrogens is 256 g/mol. The molecule has 2 heterocycles. The molecule has 0 spiro atoms. The van der Waals surface area contributed by atoms with E-state index in [-0.39, 0.29) is 12.1 Å². The van der Waals surface area contributed by atoms with E-state index >= 15 is 0 Å². The van der Waals surface area contributed by atoms with Crippen molar-refractivity contribution in [3.63, 3.8) is 0 Å². The van der Waals surface area contributed by atoms with Crippen LogP contribution in [-0.4, -0.2) is 36.6 Å².